The normalized spacial score (nSPS) is 11.7. The fraction of sp³-hybridized carbons (Fsp3) is 0.286. The molecule has 1 heterocycles. The molecule has 0 spiro atoms. The molecule has 0 saturated heterocycles. The summed E-state index contributed by atoms with van der Waals surface area (Å²) in [5, 5.41) is 13.9. The summed E-state index contributed by atoms with van der Waals surface area (Å²) < 4.78 is 1.88. The van der Waals surface area contributed by atoms with Crippen LogP contribution in [0.1, 0.15) is 31.3 Å². The van der Waals surface area contributed by atoms with E-state index in [4.69, 9.17) is 28.4 Å². The highest BCUT2D eigenvalue weighted by molar-refractivity contribution is 7.99. The van der Waals surface area contributed by atoms with E-state index in [0.29, 0.717) is 15.9 Å². The monoisotopic (exact) mass is 343 g/mol. The zero-order valence-corrected chi connectivity index (χ0v) is 14.2. The maximum Gasteiger partial charge on any atom is 0.155 e. The predicted molar refractivity (Wildman–Crippen MR) is 87.3 cm³/mol. The summed E-state index contributed by atoms with van der Waals surface area (Å²) in [5.41, 5.74) is 0.938. The first-order valence-electron chi connectivity index (χ1n) is 6.30. The molecule has 1 N–H and O–H groups in total. The van der Waals surface area contributed by atoms with Gasteiger partial charge in [-0.05, 0) is 24.1 Å². The van der Waals surface area contributed by atoms with E-state index in [1.807, 2.05) is 23.7 Å². The van der Waals surface area contributed by atoms with Crippen LogP contribution in [0.2, 0.25) is 10.0 Å². The molecule has 112 valence electrons. The van der Waals surface area contributed by atoms with Crippen molar-refractivity contribution in [2.45, 2.75) is 29.7 Å². The second-order valence-corrected chi connectivity index (χ2v) is 6.76. The molecule has 21 heavy (non-hydrogen) atoms. The van der Waals surface area contributed by atoms with Crippen LogP contribution < -0.4 is 0 Å². The molecular weight excluding hydrogens is 329 g/mol. The number of halogens is 2. The van der Waals surface area contributed by atoms with Crippen LogP contribution in [0.25, 0.3) is 0 Å². The van der Waals surface area contributed by atoms with E-state index >= 15 is 0 Å². The number of imidazole rings is 1. The quantitative estimate of drug-likeness (QED) is 0.492. The summed E-state index contributed by atoms with van der Waals surface area (Å²) >= 11 is 13.6. The lowest BCUT2D eigenvalue weighted by atomic mass is 10.2. The van der Waals surface area contributed by atoms with E-state index in [9.17, 15) is 0 Å². The van der Waals surface area contributed by atoms with Crippen LogP contribution in [0.4, 0.5) is 0 Å². The molecule has 0 atom stereocenters. The Kier molecular flexibility index (Phi) is 5.19. The van der Waals surface area contributed by atoms with Crippen LogP contribution in [0.5, 0.6) is 0 Å². The summed E-state index contributed by atoms with van der Waals surface area (Å²) in [4.78, 5) is 5.44. The van der Waals surface area contributed by atoms with Gasteiger partial charge in [0.1, 0.15) is 11.2 Å². The van der Waals surface area contributed by atoms with Crippen LogP contribution in [-0.2, 0) is 7.05 Å². The summed E-state index contributed by atoms with van der Waals surface area (Å²) in [6.07, 6.45) is 1.32. The molecule has 0 saturated carbocycles. The third-order valence-corrected chi connectivity index (χ3v) is 4.46. The smallest absolute Gasteiger partial charge is 0.155 e. The Labute approximate surface area is 137 Å². The average molecular weight is 344 g/mol. The van der Waals surface area contributed by atoms with Gasteiger partial charge in [0.25, 0.3) is 0 Å². The van der Waals surface area contributed by atoms with E-state index in [2.05, 4.69) is 24.0 Å². The van der Waals surface area contributed by atoms with Crippen molar-refractivity contribution in [3.8, 4) is 0 Å². The summed E-state index contributed by atoms with van der Waals surface area (Å²) in [7, 11) is 1.88. The van der Waals surface area contributed by atoms with Crippen molar-refractivity contribution in [3.63, 3.8) is 0 Å². The molecule has 0 fully saturated rings. The Bertz CT molecular complexity index is 663. The molecule has 7 heteroatoms. The van der Waals surface area contributed by atoms with Crippen molar-refractivity contribution >= 4 is 41.2 Å². The molecule has 0 aliphatic heterocycles. The van der Waals surface area contributed by atoms with Crippen LogP contribution >= 0.6 is 35.0 Å². The predicted octanol–water partition coefficient (Wildman–Crippen LogP) is 4.81. The number of hydrogen-bond donors (Lipinski definition) is 1. The van der Waals surface area contributed by atoms with Crippen molar-refractivity contribution in [1.29, 1.82) is 0 Å². The molecule has 4 nitrogen and oxygen atoms in total. The topological polar surface area (TPSA) is 50.4 Å². The van der Waals surface area contributed by atoms with Gasteiger partial charge < -0.3 is 9.77 Å². The molecule has 0 aliphatic rings. The maximum absolute atomic E-state index is 8.72. The first-order valence-corrected chi connectivity index (χ1v) is 7.87. The molecule has 0 radical (unpaired) electrons. The largest absolute Gasteiger partial charge is 0.411 e. The van der Waals surface area contributed by atoms with Crippen LogP contribution in [0.3, 0.4) is 0 Å². The number of nitrogens with zero attached hydrogens (tertiary/aromatic N) is 3. The molecule has 0 aliphatic carbocycles. The highest BCUT2D eigenvalue weighted by Crippen LogP contribution is 2.36. The molecule has 2 rings (SSSR count). The van der Waals surface area contributed by atoms with Gasteiger partial charge in [0.05, 0.1) is 5.69 Å². The minimum Gasteiger partial charge on any atom is -0.411 e. The Morgan fingerprint density at radius 3 is 2.43 bits per heavy atom. The summed E-state index contributed by atoms with van der Waals surface area (Å²) in [5.74, 6) is 0.839. The Morgan fingerprint density at radius 2 is 1.90 bits per heavy atom. The van der Waals surface area contributed by atoms with Gasteiger partial charge in [0.15, 0.2) is 5.82 Å². The average Bonchev–Trinajstić information content (AvgIpc) is 2.67. The number of rotatable bonds is 4. The lowest BCUT2D eigenvalue weighted by molar-refractivity contribution is 0.321. The number of aromatic nitrogens is 2. The number of oxime groups is 1. The van der Waals surface area contributed by atoms with E-state index in [-0.39, 0.29) is 5.92 Å². The molecule has 0 bridgehead atoms. The molecular formula is C14H15Cl2N3OS. The lowest BCUT2D eigenvalue weighted by Gasteiger charge is -2.09. The van der Waals surface area contributed by atoms with E-state index < -0.39 is 0 Å². The Morgan fingerprint density at radius 1 is 1.29 bits per heavy atom. The first kappa shape index (κ1) is 16.2. The minimum absolute atomic E-state index is 0.245. The third-order valence-electron chi connectivity index (χ3n) is 2.87. The van der Waals surface area contributed by atoms with Crippen molar-refractivity contribution in [2.24, 2.45) is 12.2 Å². The van der Waals surface area contributed by atoms with Crippen molar-refractivity contribution in [1.82, 2.24) is 9.55 Å². The molecule has 0 unspecified atom stereocenters. The van der Waals surface area contributed by atoms with Gasteiger partial charge in [0.2, 0.25) is 0 Å². The fourth-order valence-electron chi connectivity index (χ4n) is 1.89. The Hall–Kier alpha value is -1.17. The Balaban J connectivity index is 2.47. The van der Waals surface area contributed by atoms with Crippen LogP contribution in [-0.4, -0.2) is 21.0 Å². The van der Waals surface area contributed by atoms with Gasteiger partial charge in [0, 0.05) is 22.0 Å². The van der Waals surface area contributed by atoms with E-state index in [0.717, 1.165) is 15.6 Å². The fourth-order valence-corrected chi connectivity index (χ4v) is 3.75. The van der Waals surface area contributed by atoms with E-state index in [1.54, 1.807) is 6.07 Å². The third kappa shape index (κ3) is 3.73. The SMILES string of the molecule is CC(C)c1nc(C=NO)n(C)c1Sc1cc(Cl)cc(Cl)c1. The number of benzene rings is 1. The molecule has 0 amide bonds. The van der Waals surface area contributed by atoms with Gasteiger partial charge in [-0.15, -0.1) is 0 Å². The highest BCUT2D eigenvalue weighted by atomic mass is 35.5. The van der Waals surface area contributed by atoms with Crippen LogP contribution in [0, 0.1) is 0 Å². The van der Waals surface area contributed by atoms with E-state index in [1.165, 1.54) is 18.0 Å². The van der Waals surface area contributed by atoms with Gasteiger partial charge in [-0.1, -0.05) is 54.0 Å². The standard InChI is InChI=1S/C14H15Cl2N3OS/c1-8(2)13-14(19(3)12(18-13)7-17-20)21-11-5-9(15)4-10(16)6-11/h4-8,20H,1-3H3. The molecule has 1 aromatic heterocycles. The molecule has 1 aromatic carbocycles. The highest BCUT2D eigenvalue weighted by Gasteiger charge is 2.18. The maximum atomic E-state index is 8.72. The second-order valence-electron chi connectivity index (χ2n) is 4.83. The minimum atomic E-state index is 0.245. The van der Waals surface area contributed by atoms with Gasteiger partial charge in [-0.25, -0.2) is 4.98 Å². The number of hydrogen-bond acceptors (Lipinski definition) is 4. The van der Waals surface area contributed by atoms with Gasteiger partial charge in [-0.2, -0.15) is 0 Å². The second kappa shape index (κ2) is 6.73. The van der Waals surface area contributed by atoms with Gasteiger partial charge >= 0.3 is 0 Å². The van der Waals surface area contributed by atoms with Crippen LogP contribution in [0.15, 0.2) is 33.3 Å². The molecule has 2 aromatic rings. The van der Waals surface area contributed by atoms with Crippen molar-refractivity contribution in [3.05, 3.63) is 39.8 Å². The van der Waals surface area contributed by atoms with Crippen molar-refractivity contribution < 1.29 is 5.21 Å². The summed E-state index contributed by atoms with van der Waals surface area (Å²) in [6.45, 7) is 4.13. The zero-order valence-electron chi connectivity index (χ0n) is 11.8. The lowest BCUT2D eigenvalue weighted by Crippen LogP contribution is -1.98. The van der Waals surface area contributed by atoms with Gasteiger partial charge in [-0.3, -0.25) is 0 Å². The first-order chi connectivity index (χ1) is 9.92. The summed E-state index contributed by atoms with van der Waals surface area (Å²) in [6, 6.07) is 5.41. The zero-order chi connectivity index (χ0) is 15.6. The van der Waals surface area contributed by atoms with Crippen molar-refractivity contribution in [2.75, 3.05) is 0 Å².